The van der Waals surface area contributed by atoms with Gasteiger partial charge in [-0.05, 0) is 36.1 Å². The molecule has 0 fully saturated rings. The van der Waals surface area contributed by atoms with E-state index >= 15 is 0 Å². The predicted molar refractivity (Wildman–Crippen MR) is 75.8 cm³/mol. The first-order chi connectivity index (χ1) is 10.3. The van der Waals surface area contributed by atoms with E-state index in [9.17, 15) is 5.11 Å². The second kappa shape index (κ2) is 4.70. The van der Waals surface area contributed by atoms with Gasteiger partial charge in [-0.25, -0.2) is 4.98 Å². The highest BCUT2D eigenvalue weighted by atomic mass is 16.5. The Kier molecular flexibility index (Phi) is 2.70. The first kappa shape index (κ1) is 12.1. The van der Waals surface area contributed by atoms with Crippen LogP contribution < -0.4 is 0 Å². The first-order valence-corrected chi connectivity index (χ1v) is 6.86. The van der Waals surface area contributed by atoms with Gasteiger partial charge in [0.05, 0.1) is 0 Å². The molecule has 0 saturated heterocycles. The van der Waals surface area contributed by atoms with E-state index in [2.05, 4.69) is 39.4 Å². The van der Waals surface area contributed by atoms with Crippen LogP contribution in [0, 0.1) is 0 Å². The van der Waals surface area contributed by atoms with Gasteiger partial charge in [-0.3, -0.25) is 0 Å². The largest absolute Gasteiger partial charge is 0.505 e. The Hall–Kier alpha value is -2.69. The average molecular weight is 279 g/mol. The molecule has 3 aromatic rings. The third-order valence-electron chi connectivity index (χ3n) is 3.85. The summed E-state index contributed by atoms with van der Waals surface area (Å²) in [6.45, 7) is 0. The number of pyridine rings is 1. The number of aromatic nitrogens is 3. The Morgan fingerprint density at radius 2 is 1.81 bits per heavy atom. The van der Waals surface area contributed by atoms with Gasteiger partial charge < -0.3 is 9.63 Å². The summed E-state index contributed by atoms with van der Waals surface area (Å²) < 4.78 is 5.26. The maximum Gasteiger partial charge on any atom is 0.280 e. The monoisotopic (exact) mass is 279 g/mol. The van der Waals surface area contributed by atoms with Crippen LogP contribution in [0.1, 0.15) is 22.9 Å². The Balaban J connectivity index is 1.63. The molecule has 1 aliphatic rings. The van der Waals surface area contributed by atoms with Crippen molar-refractivity contribution in [2.45, 2.75) is 18.8 Å². The predicted octanol–water partition coefficient (Wildman–Crippen LogP) is 2.72. The van der Waals surface area contributed by atoms with Gasteiger partial charge in [0.2, 0.25) is 0 Å². The van der Waals surface area contributed by atoms with Crippen molar-refractivity contribution in [1.29, 1.82) is 0 Å². The lowest BCUT2D eigenvalue weighted by Gasteiger charge is -2.00. The zero-order chi connectivity index (χ0) is 14.2. The van der Waals surface area contributed by atoms with Crippen molar-refractivity contribution in [3.8, 4) is 17.3 Å². The maximum atomic E-state index is 9.79. The fraction of sp³-hybridized carbons (Fsp3) is 0.188. The number of hydrogen-bond donors (Lipinski definition) is 1. The van der Waals surface area contributed by atoms with E-state index in [1.165, 1.54) is 11.1 Å². The molecule has 1 aliphatic carbocycles. The smallest absolute Gasteiger partial charge is 0.280 e. The molecule has 2 heterocycles. The van der Waals surface area contributed by atoms with Crippen molar-refractivity contribution in [1.82, 2.24) is 15.1 Å². The zero-order valence-corrected chi connectivity index (χ0v) is 11.2. The van der Waals surface area contributed by atoms with Gasteiger partial charge in [-0.1, -0.05) is 29.4 Å². The number of hydrogen-bond acceptors (Lipinski definition) is 5. The molecule has 0 spiro atoms. The molecule has 21 heavy (non-hydrogen) atoms. The van der Waals surface area contributed by atoms with Crippen molar-refractivity contribution in [2.24, 2.45) is 0 Å². The molecular weight excluding hydrogens is 266 g/mol. The van der Waals surface area contributed by atoms with Crippen LogP contribution in [0.5, 0.6) is 5.75 Å². The van der Waals surface area contributed by atoms with Crippen LogP contribution >= 0.6 is 0 Å². The lowest BCUT2D eigenvalue weighted by Crippen LogP contribution is -2.00. The number of aromatic hydroxyl groups is 1. The van der Waals surface area contributed by atoms with Crippen molar-refractivity contribution < 1.29 is 9.63 Å². The number of fused-ring (bicyclic) bond motifs is 1. The molecular formula is C16H13N3O2. The molecule has 0 saturated carbocycles. The molecule has 0 unspecified atom stereocenters. The normalized spacial score (nSPS) is 14.3. The minimum atomic E-state index is 0.0439. The summed E-state index contributed by atoms with van der Waals surface area (Å²) in [6, 6.07) is 11.6. The third-order valence-corrected chi connectivity index (χ3v) is 3.85. The molecule has 0 radical (unpaired) electrons. The fourth-order valence-electron chi connectivity index (χ4n) is 2.80. The number of nitrogens with zero attached hydrogens (tertiary/aromatic N) is 3. The van der Waals surface area contributed by atoms with Crippen molar-refractivity contribution >= 4 is 0 Å². The van der Waals surface area contributed by atoms with Crippen molar-refractivity contribution in [2.75, 3.05) is 0 Å². The Morgan fingerprint density at radius 1 is 1.05 bits per heavy atom. The van der Waals surface area contributed by atoms with Gasteiger partial charge in [0.15, 0.2) is 11.5 Å². The molecule has 4 rings (SSSR count). The highest BCUT2D eigenvalue weighted by Crippen LogP contribution is 2.33. The standard InChI is InChI=1S/C16H13N3O2/c20-13-6-3-7-17-14(13)16-18-15(19-21-16)12-8-10-4-1-2-5-11(10)9-12/h1-7,12,20H,8-9H2. The summed E-state index contributed by atoms with van der Waals surface area (Å²) in [7, 11) is 0. The van der Waals surface area contributed by atoms with E-state index in [4.69, 9.17) is 4.52 Å². The quantitative estimate of drug-likeness (QED) is 0.781. The summed E-state index contributed by atoms with van der Waals surface area (Å²) in [5.74, 6) is 1.21. The van der Waals surface area contributed by atoms with Crippen LogP contribution in [0.2, 0.25) is 0 Å². The Labute approximate surface area is 121 Å². The minimum absolute atomic E-state index is 0.0439. The van der Waals surface area contributed by atoms with Gasteiger partial charge in [-0.15, -0.1) is 0 Å². The van der Waals surface area contributed by atoms with Gasteiger partial charge in [0, 0.05) is 12.1 Å². The lowest BCUT2D eigenvalue weighted by molar-refractivity contribution is 0.410. The molecule has 0 amide bonds. The molecule has 104 valence electrons. The fourth-order valence-corrected chi connectivity index (χ4v) is 2.80. The second-order valence-electron chi connectivity index (χ2n) is 5.20. The van der Waals surface area contributed by atoms with Gasteiger partial charge in [-0.2, -0.15) is 4.98 Å². The molecule has 0 atom stereocenters. The topological polar surface area (TPSA) is 72.0 Å². The zero-order valence-electron chi connectivity index (χ0n) is 11.2. The van der Waals surface area contributed by atoms with E-state index in [0.717, 1.165) is 12.8 Å². The molecule has 2 aromatic heterocycles. The molecule has 1 N–H and O–H groups in total. The van der Waals surface area contributed by atoms with E-state index < -0.39 is 0 Å². The van der Waals surface area contributed by atoms with Gasteiger partial charge in [0.1, 0.15) is 5.75 Å². The van der Waals surface area contributed by atoms with Crippen LogP contribution in [0.15, 0.2) is 47.1 Å². The summed E-state index contributed by atoms with van der Waals surface area (Å²) in [4.78, 5) is 8.49. The molecule has 1 aromatic carbocycles. The van der Waals surface area contributed by atoms with Crippen LogP contribution in [0.25, 0.3) is 11.6 Å². The van der Waals surface area contributed by atoms with Gasteiger partial charge >= 0.3 is 0 Å². The van der Waals surface area contributed by atoms with Gasteiger partial charge in [0.25, 0.3) is 5.89 Å². The van der Waals surface area contributed by atoms with Crippen LogP contribution in [0.4, 0.5) is 0 Å². The van der Waals surface area contributed by atoms with Crippen molar-refractivity contribution in [3.63, 3.8) is 0 Å². The summed E-state index contributed by atoms with van der Waals surface area (Å²) in [5.41, 5.74) is 3.01. The van der Waals surface area contributed by atoms with Crippen LogP contribution in [-0.4, -0.2) is 20.2 Å². The summed E-state index contributed by atoms with van der Waals surface area (Å²) in [6.07, 6.45) is 3.43. The molecule has 5 nitrogen and oxygen atoms in total. The highest BCUT2D eigenvalue weighted by Gasteiger charge is 2.27. The second-order valence-corrected chi connectivity index (χ2v) is 5.20. The Morgan fingerprint density at radius 3 is 2.52 bits per heavy atom. The van der Waals surface area contributed by atoms with Crippen molar-refractivity contribution in [3.05, 3.63) is 59.5 Å². The Bertz CT molecular complexity index is 772. The molecule has 0 bridgehead atoms. The third kappa shape index (κ3) is 2.07. The molecule has 0 aliphatic heterocycles. The van der Waals surface area contributed by atoms with Crippen LogP contribution in [-0.2, 0) is 12.8 Å². The van der Waals surface area contributed by atoms with Crippen LogP contribution in [0.3, 0.4) is 0 Å². The van der Waals surface area contributed by atoms with E-state index in [0.29, 0.717) is 11.5 Å². The average Bonchev–Trinajstić information content (AvgIpc) is 3.14. The lowest BCUT2D eigenvalue weighted by atomic mass is 10.1. The van der Waals surface area contributed by atoms with E-state index in [1.807, 2.05) is 0 Å². The molecule has 5 heteroatoms. The number of benzene rings is 1. The maximum absolute atomic E-state index is 9.79. The van der Waals surface area contributed by atoms with E-state index in [1.54, 1.807) is 18.3 Å². The van der Waals surface area contributed by atoms with E-state index in [-0.39, 0.29) is 17.6 Å². The SMILES string of the molecule is Oc1cccnc1-c1nc(C2Cc3ccccc3C2)no1. The number of rotatable bonds is 2. The minimum Gasteiger partial charge on any atom is -0.505 e. The highest BCUT2D eigenvalue weighted by molar-refractivity contribution is 5.56. The first-order valence-electron chi connectivity index (χ1n) is 6.86. The summed E-state index contributed by atoms with van der Waals surface area (Å²) >= 11 is 0. The summed E-state index contributed by atoms with van der Waals surface area (Å²) in [5, 5.41) is 13.9.